The molecule has 6 atom stereocenters. The van der Waals surface area contributed by atoms with Crippen molar-refractivity contribution in [2.75, 3.05) is 7.11 Å². The Morgan fingerprint density at radius 3 is 2.45 bits per heavy atom. The molecule has 11 nitrogen and oxygen atoms in total. The maximum absolute atomic E-state index is 13.6. The number of carbonyl (C=O) groups excluding carboxylic acids is 3. The van der Waals surface area contributed by atoms with Crippen LogP contribution in [0.1, 0.15) is 75.8 Å². The van der Waals surface area contributed by atoms with E-state index in [1.165, 1.54) is 32.2 Å². The van der Waals surface area contributed by atoms with Crippen molar-refractivity contribution in [1.82, 2.24) is 0 Å². The normalized spacial score (nSPS) is 30.3. The molecule has 5 rings (SSSR count). The molecule has 0 radical (unpaired) electrons. The number of phenolic OH excluding ortho intramolecular Hbond substituents is 2. The molecule has 0 spiro atoms. The third-order valence-corrected chi connectivity index (χ3v) is 7.83. The van der Waals surface area contributed by atoms with E-state index >= 15 is 0 Å². The predicted molar refractivity (Wildman–Crippen MR) is 130 cm³/mol. The number of carbonyl (C=O) groups is 3. The van der Waals surface area contributed by atoms with Crippen molar-refractivity contribution in [2.24, 2.45) is 5.73 Å². The fourth-order valence-corrected chi connectivity index (χ4v) is 5.63. The summed E-state index contributed by atoms with van der Waals surface area (Å²) in [5, 5.41) is 44.3. The van der Waals surface area contributed by atoms with Crippen LogP contribution in [-0.2, 0) is 20.7 Å². The van der Waals surface area contributed by atoms with Gasteiger partial charge in [-0.05, 0) is 19.9 Å². The average Bonchev–Trinajstić information content (AvgIpc) is 2.87. The van der Waals surface area contributed by atoms with E-state index in [9.17, 15) is 34.8 Å². The number of nitrogens with two attached hydrogens (primary N) is 1. The Morgan fingerprint density at radius 1 is 1.13 bits per heavy atom. The van der Waals surface area contributed by atoms with Crippen molar-refractivity contribution in [1.29, 1.82) is 0 Å². The number of ketones is 3. The van der Waals surface area contributed by atoms with E-state index in [4.69, 9.17) is 19.9 Å². The van der Waals surface area contributed by atoms with E-state index < -0.39 is 82.6 Å². The fourth-order valence-electron chi connectivity index (χ4n) is 5.63. The first-order valence-corrected chi connectivity index (χ1v) is 12.2. The first-order valence-electron chi connectivity index (χ1n) is 12.2. The van der Waals surface area contributed by atoms with Crippen LogP contribution in [0.2, 0.25) is 0 Å². The van der Waals surface area contributed by atoms with E-state index in [0.29, 0.717) is 0 Å². The number of phenols is 2. The smallest absolute Gasteiger partial charge is 0.202 e. The van der Waals surface area contributed by atoms with Crippen molar-refractivity contribution in [3.63, 3.8) is 0 Å². The molecule has 0 saturated carbocycles. The molecule has 0 aromatic heterocycles. The van der Waals surface area contributed by atoms with Crippen LogP contribution in [0, 0.1) is 0 Å². The molecule has 202 valence electrons. The number of fused-ring (bicyclic) bond motifs is 3. The topological polar surface area (TPSA) is 186 Å². The van der Waals surface area contributed by atoms with Crippen molar-refractivity contribution >= 4 is 17.3 Å². The van der Waals surface area contributed by atoms with E-state index in [-0.39, 0.29) is 40.8 Å². The Hall–Kier alpha value is -3.35. The highest BCUT2D eigenvalue weighted by molar-refractivity contribution is 6.31. The summed E-state index contributed by atoms with van der Waals surface area (Å²) in [6.07, 6.45) is -4.63. The summed E-state index contributed by atoms with van der Waals surface area (Å²) in [4.78, 5) is 39.6. The molecule has 1 heterocycles. The summed E-state index contributed by atoms with van der Waals surface area (Å²) < 4.78 is 17.1. The maximum Gasteiger partial charge on any atom is 0.202 e. The highest BCUT2D eigenvalue weighted by Crippen LogP contribution is 2.52. The molecular weight excluding hydrogens is 498 g/mol. The third-order valence-electron chi connectivity index (χ3n) is 7.83. The second-order valence-corrected chi connectivity index (χ2v) is 10.1. The van der Waals surface area contributed by atoms with Gasteiger partial charge in [-0.2, -0.15) is 0 Å². The molecule has 0 amide bonds. The largest absolute Gasteiger partial charge is 0.507 e. The van der Waals surface area contributed by atoms with Crippen LogP contribution in [0.5, 0.6) is 17.2 Å². The molecule has 2 aromatic carbocycles. The zero-order valence-electron chi connectivity index (χ0n) is 21.1. The monoisotopic (exact) mass is 527 g/mol. The van der Waals surface area contributed by atoms with Gasteiger partial charge >= 0.3 is 0 Å². The molecule has 3 aliphatic rings. The molecule has 38 heavy (non-hydrogen) atoms. The molecule has 2 aromatic rings. The lowest BCUT2D eigenvalue weighted by molar-refractivity contribution is -0.243. The Morgan fingerprint density at radius 2 is 1.82 bits per heavy atom. The number of ether oxygens (including phenoxy) is 3. The number of methoxy groups -OCH3 is 1. The van der Waals surface area contributed by atoms with Gasteiger partial charge in [0.15, 0.2) is 17.9 Å². The molecule has 0 bridgehead atoms. The summed E-state index contributed by atoms with van der Waals surface area (Å²) in [6, 6.07) is 3.77. The minimum atomic E-state index is -2.01. The van der Waals surface area contributed by atoms with E-state index in [1.807, 2.05) is 0 Å². The number of aromatic hydroxyl groups is 2. The van der Waals surface area contributed by atoms with Gasteiger partial charge < -0.3 is 40.4 Å². The standard InChI is InChI=1S/C27H29NO10/c1-10-22(28)14(30)7-17(37-10)38-16-9-27(35,11(2)29)8-13-19(16)26(34)21-20(24(13)32)23(31)12-5-4-6-15(36-3)18(12)25(21)33/h4-6,10,14,16-17,22,30,32,34-35H,7-9,28H2,1-3H3/t10-,14-,16-,17-,22-,27-/m0/s1. The van der Waals surface area contributed by atoms with Crippen LogP contribution < -0.4 is 10.5 Å². The van der Waals surface area contributed by atoms with Gasteiger partial charge in [0.2, 0.25) is 5.78 Å². The molecule has 1 saturated heterocycles. The van der Waals surface area contributed by atoms with Gasteiger partial charge in [-0.25, -0.2) is 0 Å². The van der Waals surface area contributed by atoms with E-state index in [0.717, 1.165) is 0 Å². The molecule has 1 fully saturated rings. The number of Topliss-reactive ketones (excluding diaryl/α,β-unsaturated/α-hetero) is 1. The van der Waals surface area contributed by atoms with Crippen molar-refractivity contribution in [3.05, 3.63) is 51.6 Å². The van der Waals surface area contributed by atoms with Crippen molar-refractivity contribution in [2.45, 2.75) is 69.4 Å². The van der Waals surface area contributed by atoms with E-state index in [2.05, 4.69) is 0 Å². The van der Waals surface area contributed by atoms with Gasteiger partial charge in [0.05, 0.1) is 48.2 Å². The number of aliphatic hydroxyl groups excluding tert-OH is 1. The lowest BCUT2D eigenvalue weighted by Crippen LogP contribution is -2.53. The number of hydrogen-bond acceptors (Lipinski definition) is 11. The van der Waals surface area contributed by atoms with Crippen LogP contribution in [0.4, 0.5) is 0 Å². The Kier molecular flexibility index (Phi) is 6.32. The Labute approximate surface area is 217 Å². The molecule has 0 unspecified atom stereocenters. The fraction of sp³-hybridized carbons (Fsp3) is 0.444. The maximum atomic E-state index is 13.6. The Balaban J connectivity index is 1.68. The SMILES string of the molecule is COc1cccc2c1C(=O)c1c(O)c3c(c(O)c1C2=O)C[C@@](O)(C(C)=O)C[C@@H]3O[C@H]1C[C@H](O)[C@@H](N)[C@H](C)O1. The van der Waals surface area contributed by atoms with Gasteiger partial charge in [0.25, 0.3) is 0 Å². The van der Waals surface area contributed by atoms with Gasteiger partial charge in [0.1, 0.15) is 22.8 Å². The zero-order valence-corrected chi connectivity index (χ0v) is 21.1. The second kappa shape index (κ2) is 9.14. The highest BCUT2D eigenvalue weighted by Gasteiger charge is 2.49. The van der Waals surface area contributed by atoms with Gasteiger partial charge in [-0.3, -0.25) is 14.4 Å². The minimum Gasteiger partial charge on any atom is -0.507 e. The first kappa shape index (κ1) is 26.3. The van der Waals surface area contributed by atoms with Crippen LogP contribution >= 0.6 is 0 Å². The van der Waals surface area contributed by atoms with Crippen molar-refractivity contribution < 1.29 is 49.0 Å². The lowest BCUT2D eigenvalue weighted by Gasteiger charge is -2.42. The van der Waals surface area contributed by atoms with Crippen molar-refractivity contribution in [3.8, 4) is 17.2 Å². The van der Waals surface area contributed by atoms with Gasteiger partial charge in [-0.1, -0.05) is 12.1 Å². The summed E-state index contributed by atoms with van der Waals surface area (Å²) >= 11 is 0. The molecule has 6 N–H and O–H groups in total. The summed E-state index contributed by atoms with van der Waals surface area (Å²) in [7, 11) is 1.34. The number of hydrogen-bond donors (Lipinski definition) is 5. The quantitative estimate of drug-likeness (QED) is 0.305. The summed E-state index contributed by atoms with van der Waals surface area (Å²) in [5.74, 6) is -3.20. The Bertz CT molecular complexity index is 1360. The average molecular weight is 528 g/mol. The minimum absolute atomic E-state index is 0.0168. The number of aliphatic hydroxyl groups is 2. The second-order valence-electron chi connectivity index (χ2n) is 10.1. The van der Waals surface area contributed by atoms with Gasteiger partial charge in [-0.15, -0.1) is 0 Å². The van der Waals surface area contributed by atoms with Gasteiger partial charge in [0, 0.05) is 36.0 Å². The predicted octanol–water partition coefficient (Wildman–Crippen LogP) is 1.03. The lowest BCUT2D eigenvalue weighted by atomic mass is 9.72. The number of rotatable bonds is 4. The van der Waals surface area contributed by atoms with Crippen LogP contribution in [0.25, 0.3) is 0 Å². The molecule has 2 aliphatic carbocycles. The first-order chi connectivity index (χ1) is 17.9. The summed E-state index contributed by atoms with van der Waals surface area (Å²) in [5.41, 5.74) is 2.84. The number of benzene rings is 2. The van der Waals surface area contributed by atoms with Crippen LogP contribution in [-0.4, -0.2) is 75.0 Å². The van der Waals surface area contributed by atoms with Crippen LogP contribution in [0.3, 0.4) is 0 Å². The zero-order chi connectivity index (χ0) is 27.7. The molecule has 11 heteroatoms. The third kappa shape index (κ3) is 3.81. The molecular formula is C27H29NO10. The molecule has 1 aliphatic heterocycles. The van der Waals surface area contributed by atoms with E-state index in [1.54, 1.807) is 6.92 Å². The van der Waals surface area contributed by atoms with Crippen LogP contribution in [0.15, 0.2) is 18.2 Å². The highest BCUT2D eigenvalue weighted by atomic mass is 16.7. The summed E-state index contributed by atoms with van der Waals surface area (Å²) in [6.45, 7) is 2.83.